The summed E-state index contributed by atoms with van der Waals surface area (Å²) in [6, 6.07) is 0.643. The second-order valence-corrected chi connectivity index (χ2v) is 7.82. The average Bonchev–Trinajstić information content (AvgIpc) is 3.15. The Bertz CT molecular complexity index is 857. The summed E-state index contributed by atoms with van der Waals surface area (Å²) in [4.78, 5) is 13.2. The molecule has 0 radical (unpaired) electrons. The molecule has 2 aromatic rings. The van der Waals surface area contributed by atoms with Gasteiger partial charge < -0.3 is 9.80 Å². The highest BCUT2D eigenvalue weighted by molar-refractivity contribution is 5.66. The van der Waals surface area contributed by atoms with Crippen molar-refractivity contribution in [3.05, 3.63) is 23.7 Å². The zero-order valence-electron chi connectivity index (χ0n) is 15.0. The molecule has 6 nitrogen and oxygen atoms in total. The van der Waals surface area contributed by atoms with Crippen molar-refractivity contribution in [3.63, 3.8) is 0 Å². The lowest BCUT2D eigenvalue weighted by atomic mass is 10.1. The van der Waals surface area contributed by atoms with Crippen LogP contribution < -0.4 is 4.90 Å². The third-order valence-corrected chi connectivity index (χ3v) is 5.90. The van der Waals surface area contributed by atoms with Gasteiger partial charge in [0.2, 0.25) is 5.95 Å². The summed E-state index contributed by atoms with van der Waals surface area (Å²) in [5.74, 6) is -2.45. The maximum absolute atomic E-state index is 14.4. The zero-order chi connectivity index (χ0) is 18.1. The van der Waals surface area contributed by atoms with Gasteiger partial charge >= 0.3 is 0 Å². The van der Waals surface area contributed by atoms with Crippen molar-refractivity contribution in [1.82, 2.24) is 24.6 Å². The van der Waals surface area contributed by atoms with Gasteiger partial charge in [0.05, 0.1) is 17.9 Å². The predicted molar refractivity (Wildman–Crippen MR) is 93.4 cm³/mol. The van der Waals surface area contributed by atoms with Crippen molar-refractivity contribution < 1.29 is 8.78 Å². The lowest BCUT2D eigenvalue weighted by molar-refractivity contribution is -0.00595. The van der Waals surface area contributed by atoms with Gasteiger partial charge in [-0.05, 0) is 26.8 Å². The fraction of sp³-hybridized carbons (Fsp3) is 0.611. The van der Waals surface area contributed by atoms with Crippen molar-refractivity contribution in [2.45, 2.75) is 44.2 Å². The largest absolute Gasteiger partial charge is 0.338 e. The Morgan fingerprint density at radius 1 is 1.23 bits per heavy atom. The number of anilines is 1. The summed E-state index contributed by atoms with van der Waals surface area (Å²) < 4.78 is 30.7. The first kappa shape index (κ1) is 16.1. The van der Waals surface area contributed by atoms with Crippen LogP contribution in [-0.4, -0.2) is 57.4 Å². The van der Waals surface area contributed by atoms with Crippen LogP contribution in [0.5, 0.6) is 0 Å². The van der Waals surface area contributed by atoms with Crippen LogP contribution in [0.15, 0.2) is 12.4 Å². The molecule has 0 amide bonds. The van der Waals surface area contributed by atoms with Crippen molar-refractivity contribution in [2.75, 3.05) is 31.6 Å². The van der Waals surface area contributed by atoms with Crippen molar-refractivity contribution >= 4 is 5.95 Å². The van der Waals surface area contributed by atoms with E-state index < -0.39 is 5.92 Å². The molecule has 138 valence electrons. The topological polar surface area (TPSA) is 50.1 Å². The van der Waals surface area contributed by atoms with Gasteiger partial charge in [0, 0.05) is 49.4 Å². The Morgan fingerprint density at radius 2 is 2.04 bits per heavy atom. The summed E-state index contributed by atoms with van der Waals surface area (Å²) in [5, 5.41) is 4.46. The number of likely N-dealkylation sites (tertiary alicyclic amines) is 1. The van der Waals surface area contributed by atoms with Crippen LogP contribution in [-0.2, 0) is 12.3 Å². The summed E-state index contributed by atoms with van der Waals surface area (Å²) in [6.45, 7) is 4.80. The molecular weight excluding hydrogens is 338 g/mol. The Hall–Kier alpha value is -2.09. The highest BCUT2D eigenvalue weighted by Gasteiger charge is 2.44. The number of alkyl halides is 2. The maximum Gasteiger partial charge on any atom is 0.290 e. The highest BCUT2D eigenvalue weighted by atomic mass is 19.3. The summed E-state index contributed by atoms with van der Waals surface area (Å²) in [6.07, 6.45) is 4.86. The number of fused-ring (bicyclic) bond motifs is 1. The number of hydrogen-bond acceptors (Lipinski definition) is 5. The number of hydrogen-bond donors (Lipinski definition) is 0. The smallest absolute Gasteiger partial charge is 0.290 e. The molecular formula is C18H22F2N6. The van der Waals surface area contributed by atoms with Gasteiger partial charge in [0.1, 0.15) is 5.69 Å². The molecule has 3 aliphatic rings. The molecule has 4 heterocycles. The van der Waals surface area contributed by atoms with Crippen LogP contribution >= 0.6 is 0 Å². The first-order chi connectivity index (χ1) is 12.4. The molecule has 0 bridgehead atoms. The van der Waals surface area contributed by atoms with Gasteiger partial charge in [-0.25, -0.2) is 9.97 Å². The van der Waals surface area contributed by atoms with Gasteiger partial charge in [-0.2, -0.15) is 13.9 Å². The Morgan fingerprint density at radius 3 is 2.69 bits per heavy atom. The van der Waals surface area contributed by atoms with Crippen LogP contribution in [0.4, 0.5) is 14.7 Å². The van der Waals surface area contributed by atoms with E-state index in [-0.39, 0.29) is 12.1 Å². The number of rotatable bonds is 3. The van der Waals surface area contributed by atoms with E-state index in [0.717, 1.165) is 31.6 Å². The first-order valence-corrected chi connectivity index (χ1v) is 9.21. The van der Waals surface area contributed by atoms with Crippen molar-refractivity contribution in [2.24, 2.45) is 0 Å². The van der Waals surface area contributed by atoms with E-state index in [1.165, 1.54) is 0 Å². The fourth-order valence-corrected chi connectivity index (χ4v) is 4.09. The van der Waals surface area contributed by atoms with Gasteiger partial charge in [0.25, 0.3) is 5.92 Å². The van der Waals surface area contributed by atoms with Crippen LogP contribution in [0.25, 0.3) is 11.3 Å². The summed E-state index contributed by atoms with van der Waals surface area (Å²) >= 11 is 0. The Balaban J connectivity index is 1.57. The second-order valence-electron chi connectivity index (χ2n) is 7.82. The molecule has 8 heteroatoms. The zero-order valence-corrected chi connectivity index (χ0v) is 15.0. The molecule has 2 aromatic heterocycles. The number of nitrogens with zero attached hydrogens (tertiary/aromatic N) is 6. The van der Waals surface area contributed by atoms with E-state index in [1.54, 1.807) is 6.20 Å². The summed E-state index contributed by atoms with van der Waals surface area (Å²) in [7, 11) is 2.07. The predicted octanol–water partition coefficient (Wildman–Crippen LogP) is 2.46. The molecule has 0 unspecified atom stereocenters. The summed E-state index contributed by atoms with van der Waals surface area (Å²) in [5.41, 5.74) is 1.93. The minimum atomic E-state index is -2.87. The molecule has 0 N–H and O–H groups in total. The lowest BCUT2D eigenvalue weighted by Gasteiger charge is -2.39. The Labute approximate surface area is 150 Å². The molecule has 0 spiro atoms. The van der Waals surface area contributed by atoms with Gasteiger partial charge in [0.15, 0.2) is 0 Å². The number of halogens is 2. The van der Waals surface area contributed by atoms with E-state index in [1.807, 2.05) is 15.8 Å². The molecule has 5 rings (SSSR count). The molecule has 0 saturated carbocycles. The molecule has 2 aliphatic heterocycles. The minimum absolute atomic E-state index is 0.0901. The Kier molecular flexibility index (Phi) is 3.38. The maximum atomic E-state index is 14.4. The van der Waals surface area contributed by atoms with E-state index >= 15 is 0 Å². The van der Waals surface area contributed by atoms with E-state index in [4.69, 9.17) is 4.98 Å². The second kappa shape index (κ2) is 5.45. The first-order valence-electron chi connectivity index (χ1n) is 9.21. The van der Waals surface area contributed by atoms with Gasteiger partial charge in [-0.3, -0.25) is 4.68 Å². The molecule has 1 atom stereocenters. The van der Waals surface area contributed by atoms with Crippen molar-refractivity contribution in [1.29, 1.82) is 0 Å². The molecule has 2 fully saturated rings. The molecule has 1 aliphatic carbocycles. The molecule has 0 aromatic carbocycles. The van der Waals surface area contributed by atoms with E-state index in [0.29, 0.717) is 35.7 Å². The third-order valence-electron chi connectivity index (χ3n) is 5.90. The lowest BCUT2D eigenvalue weighted by Crippen LogP contribution is -2.47. The minimum Gasteiger partial charge on any atom is -0.338 e. The van der Waals surface area contributed by atoms with Crippen LogP contribution in [0.1, 0.15) is 37.1 Å². The van der Waals surface area contributed by atoms with Crippen molar-refractivity contribution in [3.8, 4) is 11.3 Å². The normalized spacial score (nSPS) is 25.1. The SMILES string of the molecule is C[C@H]1CCN1c1nc(-c2cnn(C3CN(C)C3)c2)c2c(n1)C(F)(F)CC2. The van der Waals surface area contributed by atoms with E-state index in [9.17, 15) is 8.78 Å². The van der Waals surface area contributed by atoms with Gasteiger partial charge in [-0.15, -0.1) is 0 Å². The average molecular weight is 360 g/mol. The third kappa shape index (κ3) is 2.35. The van der Waals surface area contributed by atoms with Crippen LogP contribution in [0.2, 0.25) is 0 Å². The number of likely N-dealkylation sites (N-methyl/N-ethyl adjacent to an activating group) is 1. The van der Waals surface area contributed by atoms with Crippen LogP contribution in [0.3, 0.4) is 0 Å². The monoisotopic (exact) mass is 360 g/mol. The highest BCUT2D eigenvalue weighted by Crippen LogP contribution is 2.44. The molecule has 2 saturated heterocycles. The standard InChI is InChI=1S/C18H22F2N6/c1-11-4-6-25(11)17-22-15(14-3-5-18(19,20)16(14)23-17)12-7-21-26(8-12)13-9-24(2)10-13/h7-8,11,13H,3-6,9-10H2,1-2H3/t11-/m0/s1. The van der Waals surface area contributed by atoms with Gasteiger partial charge in [-0.1, -0.05) is 0 Å². The van der Waals surface area contributed by atoms with Crippen LogP contribution in [0, 0.1) is 0 Å². The van der Waals surface area contributed by atoms with E-state index in [2.05, 4.69) is 29.0 Å². The number of aromatic nitrogens is 4. The quantitative estimate of drug-likeness (QED) is 0.842. The molecule has 26 heavy (non-hydrogen) atoms. The fourth-order valence-electron chi connectivity index (χ4n) is 4.09.